The summed E-state index contributed by atoms with van der Waals surface area (Å²) in [4.78, 5) is 15.2. The molecule has 30 heavy (non-hydrogen) atoms. The van der Waals surface area contributed by atoms with Crippen LogP contribution in [0.15, 0.2) is 48.5 Å². The third-order valence-corrected chi connectivity index (χ3v) is 7.83. The van der Waals surface area contributed by atoms with Gasteiger partial charge in [-0.15, -0.1) is 0 Å². The van der Waals surface area contributed by atoms with Crippen molar-refractivity contribution in [1.82, 2.24) is 5.32 Å². The molecule has 0 saturated carbocycles. The highest BCUT2D eigenvalue weighted by Crippen LogP contribution is 2.25. The van der Waals surface area contributed by atoms with Gasteiger partial charge < -0.3 is 10.2 Å². The van der Waals surface area contributed by atoms with Gasteiger partial charge in [0.05, 0.1) is 17.5 Å². The van der Waals surface area contributed by atoms with Crippen molar-refractivity contribution in [2.24, 2.45) is 0 Å². The fourth-order valence-corrected chi connectivity index (χ4v) is 5.82. The van der Waals surface area contributed by atoms with E-state index in [1.165, 1.54) is 22.8 Å². The van der Waals surface area contributed by atoms with Gasteiger partial charge in [-0.25, -0.2) is 8.42 Å². The van der Waals surface area contributed by atoms with Crippen molar-refractivity contribution in [2.45, 2.75) is 38.6 Å². The Kier molecular flexibility index (Phi) is 5.99. The van der Waals surface area contributed by atoms with Gasteiger partial charge >= 0.3 is 0 Å². The van der Waals surface area contributed by atoms with Gasteiger partial charge in [-0.3, -0.25) is 9.10 Å². The normalized spacial score (nSPS) is 19.5. The van der Waals surface area contributed by atoms with E-state index in [0.717, 1.165) is 25.1 Å². The number of amides is 1. The summed E-state index contributed by atoms with van der Waals surface area (Å²) >= 11 is 0. The number of sulfonamides is 1. The van der Waals surface area contributed by atoms with Crippen molar-refractivity contribution in [3.63, 3.8) is 0 Å². The predicted molar refractivity (Wildman–Crippen MR) is 121 cm³/mol. The molecule has 160 valence electrons. The molecule has 4 rings (SSSR count). The summed E-state index contributed by atoms with van der Waals surface area (Å²) in [6.45, 7) is 4.64. The van der Waals surface area contributed by atoms with E-state index in [2.05, 4.69) is 34.5 Å². The Morgan fingerprint density at radius 1 is 0.933 bits per heavy atom. The van der Waals surface area contributed by atoms with E-state index in [1.54, 1.807) is 24.3 Å². The number of rotatable bonds is 5. The lowest BCUT2D eigenvalue weighted by Crippen LogP contribution is -2.38. The summed E-state index contributed by atoms with van der Waals surface area (Å²) in [5, 5.41) is 3.03. The van der Waals surface area contributed by atoms with Crippen LogP contribution in [0.5, 0.6) is 0 Å². The first-order valence-corrected chi connectivity index (χ1v) is 12.3. The van der Waals surface area contributed by atoms with Crippen molar-refractivity contribution < 1.29 is 13.2 Å². The van der Waals surface area contributed by atoms with Crippen molar-refractivity contribution >= 4 is 27.3 Å². The van der Waals surface area contributed by atoms with Gasteiger partial charge in [-0.05, 0) is 68.5 Å². The van der Waals surface area contributed by atoms with E-state index in [-0.39, 0.29) is 17.7 Å². The van der Waals surface area contributed by atoms with Gasteiger partial charge in [0, 0.05) is 30.9 Å². The largest absolute Gasteiger partial charge is 0.372 e. The Labute approximate surface area is 178 Å². The Balaban J connectivity index is 1.44. The minimum absolute atomic E-state index is 0.146. The number of nitrogens with one attached hydrogen (secondary N) is 1. The third-order valence-electron chi connectivity index (χ3n) is 5.96. The van der Waals surface area contributed by atoms with Crippen LogP contribution in [-0.2, 0) is 10.0 Å². The summed E-state index contributed by atoms with van der Waals surface area (Å²) in [5.74, 6) is -0.0455. The summed E-state index contributed by atoms with van der Waals surface area (Å²) in [7, 11) is -3.30. The fourth-order valence-electron chi connectivity index (χ4n) is 4.19. The summed E-state index contributed by atoms with van der Waals surface area (Å²) in [5.41, 5.74) is 3.30. The highest BCUT2D eigenvalue weighted by Gasteiger charge is 2.26. The highest BCUT2D eigenvalue weighted by molar-refractivity contribution is 7.92. The van der Waals surface area contributed by atoms with Crippen LogP contribution in [0.4, 0.5) is 11.4 Å². The molecule has 7 heteroatoms. The quantitative estimate of drug-likeness (QED) is 0.790. The maximum absolute atomic E-state index is 12.8. The minimum atomic E-state index is -3.30. The number of benzene rings is 2. The Morgan fingerprint density at radius 3 is 2.33 bits per heavy atom. The van der Waals surface area contributed by atoms with Gasteiger partial charge in [0.15, 0.2) is 0 Å². The summed E-state index contributed by atoms with van der Waals surface area (Å²) in [6.07, 6.45) is 4.01. The zero-order chi connectivity index (χ0) is 21.1. The predicted octanol–water partition coefficient (Wildman–Crippen LogP) is 3.71. The highest BCUT2D eigenvalue weighted by atomic mass is 32.2. The van der Waals surface area contributed by atoms with Gasteiger partial charge in [0.25, 0.3) is 5.91 Å². The maximum atomic E-state index is 12.8. The lowest BCUT2D eigenvalue weighted by atomic mass is 10.1. The molecule has 0 aromatic heterocycles. The third kappa shape index (κ3) is 4.46. The molecular formula is C23H29N3O3S. The monoisotopic (exact) mass is 427 g/mol. The molecule has 0 spiro atoms. The molecule has 2 aromatic carbocycles. The average Bonchev–Trinajstić information content (AvgIpc) is 3.28. The average molecular weight is 428 g/mol. The van der Waals surface area contributed by atoms with Crippen molar-refractivity contribution in [2.75, 3.05) is 34.6 Å². The Bertz CT molecular complexity index is 999. The van der Waals surface area contributed by atoms with Crippen LogP contribution in [0.3, 0.4) is 0 Å². The number of nitrogens with zero attached hydrogens (tertiary/aromatic N) is 2. The Hall–Kier alpha value is -2.54. The molecule has 2 heterocycles. The first-order valence-electron chi connectivity index (χ1n) is 10.7. The lowest BCUT2D eigenvalue weighted by molar-refractivity contribution is 0.0940. The molecule has 2 saturated heterocycles. The molecule has 2 aliphatic heterocycles. The van der Waals surface area contributed by atoms with E-state index >= 15 is 0 Å². The minimum Gasteiger partial charge on any atom is -0.372 e. The van der Waals surface area contributed by atoms with Crippen LogP contribution in [0.25, 0.3) is 0 Å². The van der Waals surface area contributed by atoms with E-state index in [0.29, 0.717) is 24.2 Å². The number of hydrogen-bond donors (Lipinski definition) is 1. The van der Waals surface area contributed by atoms with Gasteiger partial charge in [0.1, 0.15) is 0 Å². The van der Waals surface area contributed by atoms with Crippen molar-refractivity contribution in [1.29, 1.82) is 0 Å². The zero-order valence-electron chi connectivity index (χ0n) is 17.4. The Morgan fingerprint density at radius 2 is 1.63 bits per heavy atom. The number of carbonyl (C=O) groups excluding carboxylic acids is 1. The van der Waals surface area contributed by atoms with Gasteiger partial charge in [-0.2, -0.15) is 0 Å². The van der Waals surface area contributed by atoms with E-state index in [4.69, 9.17) is 0 Å². The van der Waals surface area contributed by atoms with E-state index in [9.17, 15) is 13.2 Å². The molecule has 1 atom stereocenters. The number of hydrogen-bond acceptors (Lipinski definition) is 4. The second kappa shape index (κ2) is 8.68. The standard InChI is InChI=1S/C23H29N3O3S/c1-18(19-9-11-21(12-10-19)25-13-2-3-14-25)24-23(27)20-7-6-8-22(17-20)26-15-4-5-16-30(26,28)29/h6-12,17-18H,2-5,13-16H2,1H3,(H,24,27). The van der Waals surface area contributed by atoms with Crippen molar-refractivity contribution in [3.05, 3.63) is 59.7 Å². The topological polar surface area (TPSA) is 69.7 Å². The molecule has 0 aliphatic carbocycles. The van der Waals surface area contributed by atoms with Crippen molar-refractivity contribution in [3.8, 4) is 0 Å². The second-order valence-electron chi connectivity index (χ2n) is 8.13. The summed E-state index contributed by atoms with van der Waals surface area (Å²) in [6, 6.07) is 15.1. The van der Waals surface area contributed by atoms with E-state index in [1.807, 2.05) is 6.92 Å². The first kappa shape index (κ1) is 20.7. The summed E-state index contributed by atoms with van der Waals surface area (Å²) < 4.78 is 26.2. The molecule has 1 N–H and O–H groups in total. The van der Waals surface area contributed by atoms with E-state index < -0.39 is 10.0 Å². The molecule has 0 bridgehead atoms. The molecule has 1 amide bonds. The number of anilines is 2. The fraction of sp³-hybridized carbons (Fsp3) is 0.435. The van der Waals surface area contributed by atoms with Gasteiger partial charge in [0.2, 0.25) is 10.0 Å². The smallest absolute Gasteiger partial charge is 0.251 e. The molecule has 1 unspecified atom stereocenters. The van der Waals surface area contributed by atoms with Crippen LogP contribution >= 0.6 is 0 Å². The van der Waals surface area contributed by atoms with Crippen LogP contribution < -0.4 is 14.5 Å². The molecule has 2 aromatic rings. The van der Waals surface area contributed by atoms with Gasteiger partial charge in [-0.1, -0.05) is 18.2 Å². The maximum Gasteiger partial charge on any atom is 0.251 e. The zero-order valence-corrected chi connectivity index (χ0v) is 18.2. The molecule has 6 nitrogen and oxygen atoms in total. The number of carbonyl (C=O) groups is 1. The molecular weight excluding hydrogens is 398 g/mol. The van der Waals surface area contributed by atoms with Crippen LogP contribution in [0.2, 0.25) is 0 Å². The molecule has 2 fully saturated rings. The lowest BCUT2D eigenvalue weighted by Gasteiger charge is -2.28. The SMILES string of the molecule is CC(NC(=O)c1cccc(N2CCCCS2(=O)=O)c1)c1ccc(N2CCCC2)cc1. The first-order chi connectivity index (χ1) is 14.4. The second-order valence-corrected chi connectivity index (χ2v) is 10.1. The van der Waals surface area contributed by atoms with Crippen LogP contribution in [-0.4, -0.2) is 39.7 Å². The van der Waals surface area contributed by atoms with Crippen LogP contribution in [0.1, 0.15) is 54.6 Å². The van der Waals surface area contributed by atoms with Crippen LogP contribution in [0, 0.1) is 0 Å². The molecule has 2 aliphatic rings. The molecule has 0 radical (unpaired) electrons.